The maximum absolute atomic E-state index is 10.0. The van der Waals surface area contributed by atoms with Gasteiger partial charge in [0.25, 0.3) is 0 Å². The van der Waals surface area contributed by atoms with Crippen molar-refractivity contribution >= 4 is 0 Å². The van der Waals surface area contributed by atoms with Crippen LogP contribution in [0, 0.1) is 0 Å². The summed E-state index contributed by atoms with van der Waals surface area (Å²) in [6, 6.07) is 15.8. The smallest absolute Gasteiger partial charge is 0.118 e. The molecule has 0 amide bonds. The highest BCUT2D eigenvalue weighted by atomic mass is 16.5. The minimum Gasteiger partial charge on any atom is -0.497 e. The summed E-state index contributed by atoms with van der Waals surface area (Å²) >= 11 is 0. The molecule has 0 saturated heterocycles. The number of methoxy groups -OCH3 is 2. The van der Waals surface area contributed by atoms with Crippen LogP contribution in [0.3, 0.4) is 0 Å². The third kappa shape index (κ3) is 6.20. The van der Waals surface area contributed by atoms with Gasteiger partial charge in [0.2, 0.25) is 0 Å². The van der Waals surface area contributed by atoms with E-state index in [0.29, 0.717) is 13.1 Å². The molecule has 0 unspecified atom stereocenters. The summed E-state index contributed by atoms with van der Waals surface area (Å²) < 4.78 is 10.3. The first-order valence-corrected chi connectivity index (χ1v) is 8.06. The lowest BCUT2D eigenvalue weighted by Crippen LogP contribution is -2.35. The molecule has 0 heterocycles. The van der Waals surface area contributed by atoms with Crippen molar-refractivity contribution in [3.63, 3.8) is 0 Å². The maximum Gasteiger partial charge on any atom is 0.118 e. The fourth-order valence-electron chi connectivity index (χ4n) is 2.33. The molecule has 0 aliphatic rings. The van der Waals surface area contributed by atoms with Crippen LogP contribution in [0.4, 0.5) is 0 Å². The van der Waals surface area contributed by atoms with E-state index in [2.05, 4.69) is 10.6 Å². The van der Waals surface area contributed by atoms with E-state index in [1.807, 2.05) is 48.5 Å². The van der Waals surface area contributed by atoms with Gasteiger partial charge < -0.3 is 25.2 Å². The van der Waals surface area contributed by atoms with Crippen LogP contribution in [0.2, 0.25) is 0 Å². The molecule has 130 valence electrons. The van der Waals surface area contributed by atoms with Gasteiger partial charge in [-0.25, -0.2) is 0 Å². The van der Waals surface area contributed by atoms with Crippen LogP contribution in [-0.4, -0.2) is 38.5 Å². The second-order valence-corrected chi connectivity index (χ2v) is 5.61. The van der Waals surface area contributed by atoms with Crippen molar-refractivity contribution in [2.45, 2.75) is 19.2 Å². The minimum atomic E-state index is -0.429. The molecular formula is C19H26N2O3. The van der Waals surface area contributed by atoms with E-state index < -0.39 is 6.10 Å². The van der Waals surface area contributed by atoms with Gasteiger partial charge in [-0.3, -0.25) is 0 Å². The normalized spacial score (nSPS) is 10.8. The molecule has 0 aromatic heterocycles. The summed E-state index contributed by atoms with van der Waals surface area (Å²) in [6.45, 7) is 2.53. The van der Waals surface area contributed by atoms with Gasteiger partial charge in [0.1, 0.15) is 11.5 Å². The van der Waals surface area contributed by atoms with Crippen LogP contribution in [0.15, 0.2) is 48.5 Å². The largest absolute Gasteiger partial charge is 0.497 e. The van der Waals surface area contributed by atoms with E-state index in [9.17, 15) is 5.11 Å². The average molecular weight is 330 g/mol. The number of benzene rings is 2. The van der Waals surface area contributed by atoms with Crippen LogP contribution in [-0.2, 0) is 13.1 Å². The fraction of sp³-hybridized carbons (Fsp3) is 0.368. The van der Waals surface area contributed by atoms with E-state index in [1.54, 1.807) is 14.2 Å². The highest BCUT2D eigenvalue weighted by Gasteiger charge is 2.04. The van der Waals surface area contributed by atoms with Gasteiger partial charge in [0.05, 0.1) is 20.3 Å². The molecule has 3 N–H and O–H groups in total. The van der Waals surface area contributed by atoms with Crippen LogP contribution in [0.1, 0.15) is 11.1 Å². The van der Waals surface area contributed by atoms with E-state index in [4.69, 9.17) is 9.47 Å². The third-order valence-electron chi connectivity index (χ3n) is 3.74. The molecule has 0 bridgehead atoms. The van der Waals surface area contributed by atoms with Crippen LogP contribution in [0.25, 0.3) is 0 Å². The Morgan fingerprint density at radius 3 is 1.46 bits per heavy atom. The molecule has 0 aliphatic heterocycles. The highest BCUT2D eigenvalue weighted by molar-refractivity contribution is 5.27. The molecule has 0 atom stereocenters. The van der Waals surface area contributed by atoms with Gasteiger partial charge in [0.15, 0.2) is 0 Å². The van der Waals surface area contributed by atoms with Crippen molar-refractivity contribution in [3.05, 3.63) is 59.7 Å². The first kappa shape index (κ1) is 18.3. The summed E-state index contributed by atoms with van der Waals surface area (Å²) in [4.78, 5) is 0. The van der Waals surface area contributed by atoms with E-state index in [-0.39, 0.29) is 0 Å². The van der Waals surface area contributed by atoms with Gasteiger partial charge in [-0.05, 0) is 35.4 Å². The Kier molecular flexibility index (Phi) is 7.55. The average Bonchev–Trinajstić information content (AvgIpc) is 2.63. The highest BCUT2D eigenvalue weighted by Crippen LogP contribution is 2.11. The summed E-state index contributed by atoms with van der Waals surface area (Å²) in [5, 5.41) is 16.5. The van der Waals surface area contributed by atoms with Crippen molar-refractivity contribution in [1.29, 1.82) is 0 Å². The zero-order valence-corrected chi connectivity index (χ0v) is 14.3. The molecule has 0 aliphatic carbocycles. The van der Waals surface area contributed by atoms with Crippen molar-refractivity contribution in [2.24, 2.45) is 0 Å². The Balaban J connectivity index is 1.61. The number of hydrogen-bond acceptors (Lipinski definition) is 5. The van der Waals surface area contributed by atoms with Gasteiger partial charge in [-0.15, -0.1) is 0 Å². The maximum atomic E-state index is 10.0. The monoisotopic (exact) mass is 330 g/mol. The van der Waals surface area contributed by atoms with Crippen LogP contribution < -0.4 is 20.1 Å². The summed E-state index contributed by atoms with van der Waals surface area (Å²) in [6.07, 6.45) is -0.429. The van der Waals surface area contributed by atoms with Crippen LogP contribution >= 0.6 is 0 Å². The molecule has 2 aromatic rings. The molecule has 5 nitrogen and oxygen atoms in total. The first-order chi connectivity index (χ1) is 11.7. The third-order valence-corrected chi connectivity index (χ3v) is 3.74. The quantitative estimate of drug-likeness (QED) is 0.621. The van der Waals surface area contributed by atoms with Crippen LogP contribution in [0.5, 0.6) is 11.5 Å². The molecule has 24 heavy (non-hydrogen) atoms. The van der Waals surface area contributed by atoms with E-state index in [0.717, 1.165) is 35.7 Å². The number of hydrogen-bond donors (Lipinski definition) is 3. The lowest BCUT2D eigenvalue weighted by Gasteiger charge is -2.13. The molecule has 2 aromatic carbocycles. The van der Waals surface area contributed by atoms with Crippen molar-refractivity contribution in [1.82, 2.24) is 10.6 Å². The first-order valence-electron chi connectivity index (χ1n) is 8.06. The predicted octanol–water partition coefficient (Wildman–Crippen LogP) is 1.94. The predicted molar refractivity (Wildman–Crippen MR) is 95.4 cm³/mol. The Hall–Kier alpha value is -2.08. The molecule has 0 saturated carbocycles. The molecule has 2 rings (SSSR count). The number of ether oxygens (including phenoxy) is 2. The summed E-state index contributed by atoms with van der Waals surface area (Å²) in [5.41, 5.74) is 2.32. The van der Waals surface area contributed by atoms with Crippen molar-refractivity contribution in [3.8, 4) is 11.5 Å². The molecule has 0 spiro atoms. The second-order valence-electron chi connectivity index (χ2n) is 5.61. The Labute approximate surface area is 143 Å². The molecule has 0 fully saturated rings. The van der Waals surface area contributed by atoms with Crippen molar-refractivity contribution in [2.75, 3.05) is 27.3 Å². The Bertz CT molecular complexity index is 531. The minimum absolute atomic E-state index is 0.429. The number of nitrogens with one attached hydrogen (secondary N) is 2. The van der Waals surface area contributed by atoms with Gasteiger partial charge in [-0.1, -0.05) is 24.3 Å². The Morgan fingerprint density at radius 2 is 1.12 bits per heavy atom. The molecule has 5 heteroatoms. The Morgan fingerprint density at radius 1 is 0.750 bits per heavy atom. The topological polar surface area (TPSA) is 62.8 Å². The molecular weight excluding hydrogens is 304 g/mol. The second kappa shape index (κ2) is 9.93. The lowest BCUT2D eigenvalue weighted by molar-refractivity contribution is 0.168. The standard InChI is InChI=1S/C19H26N2O3/c1-23-18-7-3-15(4-8-18)11-20-13-17(22)14-21-12-16-5-9-19(24-2)10-6-16/h3-10,17,20-22H,11-14H2,1-2H3. The summed E-state index contributed by atoms with van der Waals surface area (Å²) in [7, 11) is 3.31. The molecule has 0 radical (unpaired) electrons. The SMILES string of the molecule is COc1ccc(CNCC(O)CNCc2ccc(OC)cc2)cc1. The van der Waals surface area contributed by atoms with Gasteiger partial charge in [-0.2, -0.15) is 0 Å². The van der Waals surface area contributed by atoms with Gasteiger partial charge in [0, 0.05) is 26.2 Å². The lowest BCUT2D eigenvalue weighted by atomic mass is 10.2. The van der Waals surface area contributed by atoms with E-state index in [1.165, 1.54) is 0 Å². The summed E-state index contributed by atoms with van der Waals surface area (Å²) in [5.74, 6) is 1.70. The number of aliphatic hydroxyl groups is 1. The fourth-order valence-corrected chi connectivity index (χ4v) is 2.33. The van der Waals surface area contributed by atoms with E-state index >= 15 is 0 Å². The zero-order chi connectivity index (χ0) is 17.2. The van der Waals surface area contributed by atoms with Crippen molar-refractivity contribution < 1.29 is 14.6 Å². The number of rotatable bonds is 10. The van der Waals surface area contributed by atoms with Gasteiger partial charge >= 0.3 is 0 Å². The number of aliphatic hydroxyl groups excluding tert-OH is 1. The zero-order valence-electron chi connectivity index (χ0n) is 14.3.